The molecule has 4 bridgehead atoms. The van der Waals surface area contributed by atoms with Gasteiger partial charge in [-0.2, -0.15) is 0 Å². The normalized spacial score (nSPS) is 33.5. The number of fused-ring (bicyclic) bond motifs is 4. The van der Waals surface area contributed by atoms with E-state index in [1.807, 2.05) is 30.3 Å². The molecule has 3 saturated heterocycles. The van der Waals surface area contributed by atoms with Crippen molar-refractivity contribution in [2.24, 2.45) is 11.3 Å². The van der Waals surface area contributed by atoms with Gasteiger partial charge in [-0.1, -0.05) is 18.2 Å². The summed E-state index contributed by atoms with van der Waals surface area (Å²) >= 11 is 0. The number of carbonyl (C=O) groups excluding carboxylic acids is 1. The zero-order valence-corrected chi connectivity index (χ0v) is 22.7. The second-order valence-electron chi connectivity index (χ2n) is 13.4. The molecule has 0 unspecified atom stereocenters. The monoisotopic (exact) mass is 537 g/mol. The lowest BCUT2D eigenvalue weighted by atomic mass is 9.42. The summed E-state index contributed by atoms with van der Waals surface area (Å²) < 4.78 is 6.85. The van der Waals surface area contributed by atoms with Crippen LogP contribution in [0.4, 0.5) is 0 Å². The Hall–Kier alpha value is -3.32. The summed E-state index contributed by atoms with van der Waals surface area (Å²) in [6.07, 6.45) is 8.00. The van der Waals surface area contributed by atoms with Crippen LogP contribution in [0, 0.1) is 11.3 Å². The molecule has 5 fully saturated rings. The van der Waals surface area contributed by atoms with Crippen LogP contribution >= 0.6 is 0 Å². The van der Waals surface area contributed by atoms with Crippen LogP contribution in [0.3, 0.4) is 0 Å². The molecular formula is C33H35N3O4. The van der Waals surface area contributed by atoms with E-state index in [-0.39, 0.29) is 40.2 Å². The number of amides is 1. The highest BCUT2D eigenvalue weighted by molar-refractivity contribution is 5.83. The molecule has 3 aliphatic carbocycles. The van der Waals surface area contributed by atoms with Crippen molar-refractivity contribution in [2.75, 3.05) is 19.6 Å². The number of pyridine rings is 1. The molecule has 3 aromatic rings. The van der Waals surface area contributed by atoms with Gasteiger partial charge in [-0.3, -0.25) is 14.5 Å². The Morgan fingerprint density at radius 1 is 1.05 bits per heavy atom. The molecule has 5 atom stereocenters. The fourth-order valence-corrected chi connectivity index (χ4v) is 9.88. The molecule has 5 heterocycles. The van der Waals surface area contributed by atoms with Crippen LogP contribution in [0.25, 0.3) is 10.9 Å². The van der Waals surface area contributed by atoms with Crippen molar-refractivity contribution in [3.8, 4) is 11.5 Å². The molecule has 4 aliphatic heterocycles. The second kappa shape index (κ2) is 7.90. The van der Waals surface area contributed by atoms with Crippen molar-refractivity contribution >= 4 is 16.8 Å². The molecular weight excluding hydrogens is 502 g/mol. The predicted molar refractivity (Wildman–Crippen MR) is 151 cm³/mol. The number of H-pyrrole nitrogens is 1. The van der Waals surface area contributed by atoms with Gasteiger partial charge in [-0.15, -0.1) is 0 Å². The summed E-state index contributed by atoms with van der Waals surface area (Å²) in [5.41, 5.74) is 4.09. The van der Waals surface area contributed by atoms with Gasteiger partial charge in [0.25, 0.3) is 0 Å². The summed E-state index contributed by atoms with van der Waals surface area (Å²) in [6.45, 7) is 3.03. The largest absolute Gasteiger partial charge is 0.504 e. The first-order valence-corrected chi connectivity index (χ1v) is 15.1. The van der Waals surface area contributed by atoms with Crippen LogP contribution < -0.4 is 10.3 Å². The van der Waals surface area contributed by atoms with E-state index in [9.17, 15) is 14.7 Å². The number of hydrogen-bond donors (Lipinski definition) is 2. The third-order valence-corrected chi connectivity index (χ3v) is 11.7. The molecule has 2 aromatic carbocycles. The second-order valence-corrected chi connectivity index (χ2v) is 13.4. The lowest BCUT2D eigenvalue weighted by molar-refractivity contribution is -0.143. The van der Waals surface area contributed by atoms with Crippen LogP contribution in [0.1, 0.15) is 55.2 Å². The number of nitrogens with zero attached hydrogens (tertiary/aromatic N) is 2. The first-order valence-electron chi connectivity index (χ1n) is 15.1. The highest BCUT2D eigenvalue weighted by Crippen LogP contribution is 2.71. The van der Waals surface area contributed by atoms with E-state index in [1.165, 1.54) is 36.6 Å². The van der Waals surface area contributed by atoms with Gasteiger partial charge < -0.3 is 19.7 Å². The van der Waals surface area contributed by atoms with Crippen LogP contribution in [0.15, 0.2) is 47.3 Å². The van der Waals surface area contributed by atoms with Crippen LogP contribution in [-0.2, 0) is 23.1 Å². The van der Waals surface area contributed by atoms with Gasteiger partial charge in [-0.05, 0) is 92.1 Å². The Morgan fingerprint density at radius 2 is 1.93 bits per heavy atom. The maximum atomic E-state index is 14.1. The number of phenolic OH excluding ortho intramolecular Hbond substituents is 1. The third-order valence-electron chi connectivity index (χ3n) is 11.7. The number of nitrogens with one attached hydrogen (secondary N) is 1. The molecule has 7 aliphatic rings. The van der Waals surface area contributed by atoms with Crippen molar-refractivity contribution in [1.29, 1.82) is 0 Å². The topological polar surface area (TPSA) is 85.9 Å². The minimum absolute atomic E-state index is 0.00299. The van der Waals surface area contributed by atoms with Gasteiger partial charge in [0.2, 0.25) is 11.5 Å². The quantitative estimate of drug-likeness (QED) is 0.528. The minimum atomic E-state index is -0.139. The summed E-state index contributed by atoms with van der Waals surface area (Å²) in [5, 5.41) is 11.9. The van der Waals surface area contributed by atoms with Crippen LogP contribution in [-0.4, -0.2) is 63.6 Å². The van der Waals surface area contributed by atoms with Crippen molar-refractivity contribution in [1.82, 2.24) is 14.8 Å². The number of aromatic nitrogens is 1. The number of carbonyl (C=O) groups is 1. The van der Waals surface area contributed by atoms with Gasteiger partial charge in [0.15, 0.2) is 11.5 Å². The van der Waals surface area contributed by atoms with Gasteiger partial charge in [-0.25, -0.2) is 0 Å². The first kappa shape index (κ1) is 23.4. The highest BCUT2D eigenvalue weighted by Gasteiger charge is 2.74. The van der Waals surface area contributed by atoms with E-state index < -0.39 is 0 Å². The fourth-order valence-electron chi connectivity index (χ4n) is 9.88. The number of phenols is 1. The Balaban J connectivity index is 1.11. The van der Waals surface area contributed by atoms with Crippen molar-refractivity contribution in [3.63, 3.8) is 0 Å². The van der Waals surface area contributed by atoms with Crippen molar-refractivity contribution in [3.05, 3.63) is 69.5 Å². The lowest BCUT2D eigenvalue weighted by Crippen LogP contribution is -2.72. The summed E-state index contributed by atoms with van der Waals surface area (Å²) in [7, 11) is 0. The molecule has 2 N–H and O–H groups in total. The molecule has 1 aromatic heterocycles. The summed E-state index contributed by atoms with van der Waals surface area (Å²) in [5.74, 6) is 1.91. The molecule has 2 spiro atoms. The number of ether oxygens (including phenoxy) is 1. The number of benzene rings is 2. The third kappa shape index (κ3) is 2.94. The molecule has 1 amide bonds. The molecule has 0 radical (unpaired) electrons. The van der Waals surface area contributed by atoms with Gasteiger partial charge in [0.1, 0.15) is 6.10 Å². The van der Waals surface area contributed by atoms with Crippen LogP contribution in [0.5, 0.6) is 11.5 Å². The molecule has 206 valence electrons. The molecule has 10 rings (SSSR count). The Labute approximate surface area is 233 Å². The van der Waals surface area contributed by atoms with E-state index in [0.717, 1.165) is 67.6 Å². The zero-order valence-electron chi connectivity index (χ0n) is 22.7. The van der Waals surface area contributed by atoms with Crippen molar-refractivity contribution in [2.45, 2.75) is 75.0 Å². The maximum absolute atomic E-state index is 14.1. The molecule has 2 saturated carbocycles. The van der Waals surface area contributed by atoms with Gasteiger partial charge >= 0.3 is 0 Å². The average molecular weight is 538 g/mol. The van der Waals surface area contributed by atoms with Gasteiger partial charge in [0, 0.05) is 47.1 Å². The van der Waals surface area contributed by atoms with E-state index in [4.69, 9.17) is 4.74 Å². The highest BCUT2D eigenvalue weighted by atomic mass is 16.5. The zero-order chi connectivity index (χ0) is 26.8. The smallest absolute Gasteiger partial charge is 0.248 e. The number of aromatic amines is 1. The standard InChI is InChI=1S/C33H35N3O4/c37-25-7-5-22-17-26-32-10-9-24(31-33(32,29(22)30(25)40-31)12-13-35(26)18-19-1-2-19)36(14-11-32)28(39)16-20-3-4-21-6-8-27(38)34-23(21)15-20/h3-8,15,19,24,26,31,37H,1-2,9-14,16-18H2,(H,34,38)/t24-,26-,31+,32-,33+/m1/s1. The number of hydrogen-bond acceptors (Lipinski definition) is 5. The Kier molecular flexibility index (Phi) is 4.62. The van der Waals surface area contributed by atoms with Crippen LogP contribution in [0.2, 0.25) is 0 Å². The minimum Gasteiger partial charge on any atom is -0.504 e. The van der Waals surface area contributed by atoms with E-state index in [1.54, 1.807) is 0 Å². The predicted octanol–water partition coefficient (Wildman–Crippen LogP) is 3.90. The van der Waals surface area contributed by atoms with E-state index in [2.05, 4.69) is 20.9 Å². The Bertz CT molecular complexity index is 1640. The number of piperidine rings is 1. The Morgan fingerprint density at radius 3 is 2.80 bits per heavy atom. The van der Waals surface area contributed by atoms with E-state index >= 15 is 0 Å². The average Bonchev–Trinajstić information content (AvgIpc) is 3.74. The fraction of sp³-hybridized carbons (Fsp3) is 0.515. The summed E-state index contributed by atoms with van der Waals surface area (Å²) in [4.78, 5) is 33.8. The van der Waals surface area contributed by atoms with Crippen molar-refractivity contribution < 1.29 is 14.6 Å². The summed E-state index contributed by atoms with van der Waals surface area (Å²) in [6, 6.07) is 13.7. The molecule has 40 heavy (non-hydrogen) atoms. The maximum Gasteiger partial charge on any atom is 0.248 e. The molecule has 7 heteroatoms. The van der Waals surface area contributed by atoms with Gasteiger partial charge in [0.05, 0.1) is 12.5 Å². The first-order chi connectivity index (χ1) is 19.5. The number of likely N-dealkylation sites (tertiary alicyclic amines) is 1. The molecule has 7 nitrogen and oxygen atoms in total. The lowest BCUT2D eigenvalue weighted by Gasteiger charge is -2.66. The SMILES string of the molecule is O=C(Cc1ccc2ccc(=O)[nH]c2c1)N1CC[C@@]23CC[C@@H]1[C@@H]1Oc4c(O)ccc5c4[C@@]12CCN(CC1CC1)[C@@H]3C5. The van der Waals surface area contributed by atoms with E-state index in [0.29, 0.717) is 18.2 Å². The number of aromatic hydroxyl groups is 1. The number of rotatable bonds is 4.